The van der Waals surface area contributed by atoms with E-state index in [4.69, 9.17) is 4.74 Å². The van der Waals surface area contributed by atoms with Crippen LogP contribution in [-0.2, 0) is 14.3 Å². The van der Waals surface area contributed by atoms with E-state index < -0.39 is 12.1 Å². The smallest absolute Gasteiger partial charge is 0.305 e. The average molecular weight is 872 g/mol. The molecular formula is C56H105NO5. The molecule has 1 amide bonds. The average Bonchev–Trinajstić information content (AvgIpc) is 3.27. The van der Waals surface area contributed by atoms with E-state index in [1.54, 1.807) is 6.08 Å². The number of aliphatic hydroxyl groups is 2. The van der Waals surface area contributed by atoms with Crippen molar-refractivity contribution >= 4 is 11.9 Å². The third-order valence-electron chi connectivity index (χ3n) is 12.4. The quantitative estimate of drug-likeness (QED) is 0.0321. The number of rotatable bonds is 50. The van der Waals surface area contributed by atoms with Crippen molar-refractivity contribution in [2.24, 2.45) is 0 Å². The van der Waals surface area contributed by atoms with Gasteiger partial charge >= 0.3 is 5.97 Å². The minimum absolute atomic E-state index is 0.00262. The van der Waals surface area contributed by atoms with Crippen LogP contribution in [0.3, 0.4) is 0 Å². The fourth-order valence-corrected chi connectivity index (χ4v) is 8.18. The van der Waals surface area contributed by atoms with Crippen molar-refractivity contribution in [1.29, 1.82) is 0 Å². The lowest BCUT2D eigenvalue weighted by Gasteiger charge is -2.20. The topological polar surface area (TPSA) is 95.9 Å². The molecule has 2 unspecified atom stereocenters. The molecule has 6 nitrogen and oxygen atoms in total. The number of carbonyl (C=O) groups is 2. The number of aliphatic hydroxyl groups excluding tert-OH is 2. The van der Waals surface area contributed by atoms with Gasteiger partial charge in [0, 0.05) is 12.8 Å². The second kappa shape index (κ2) is 51.7. The molecule has 0 radical (unpaired) electrons. The Bertz CT molecular complexity index is 1010. The number of allylic oxidation sites excluding steroid dienone is 5. The molecule has 3 N–H and O–H groups in total. The first-order valence-electron chi connectivity index (χ1n) is 27.3. The summed E-state index contributed by atoms with van der Waals surface area (Å²) in [4.78, 5) is 24.4. The van der Waals surface area contributed by atoms with Gasteiger partial charge in [-0.05, 0) is 57.8 Å². The number of hydrogen-bond donors (Lipinski definition) is 3. The first kappa shape index (κ1) is 60.1. The molecule has 0 fully saturated rings. The van der Waals surface area contributed by atoms with Crippen LogP contribution in [0, 0.1) is 0 Å². The molecule has 0 aliphatic heterocycles. The number of esters is 1. The van der Waals surface area contributed by atoms with Crippen molar-refractivity contribution < 1.29 is 24.5 Å². The number of hydrogen-bond acceptors (Lipinski definition) is 5. The molecule has 6 heteroatoms. The van der Waals surface area contributed by atoms with Gasteiger partial charge in [-0.15, -0.1) is 0 Å². The minimum atomic E-state index is -0.842. The normalized spacial score (nSPS) is 12.9. The van der Waals surface area contributed by atoms with Crippen LogP contribution in [0.15, 0.2) is 36.5 Å². The summed E-state index contributed by atoms with van der Waals surface area (Å²) >= 11 is 0. The SMILES string of the molecule is CCCC/C=C\C/C=C\CCCCCCCC(=O)OCCCCCCCCCCCCCCCCCCCCCCCCC(=O)NC(CO)C(O)/C=C/CCCCCCCCC. The van der Waals surface area contributed by atoms with Gasteiger partial charge < -0.3 is 20.3 Å². The summed E-state index contributed by atoms with van der Waals surface area (Å²) in [5.74, 6) is -0.0740. The minimum Gasteiger partial charge on any atom is -0.466 e. The Hall–Kier alpha value is -1.92. The Morgan fingerprint density at radius 3 is 1.27 bits per heavy atom. The summed E-state index contributed by atoms with van der Waals surface area (Å²) in [5, 5.41) is 22.9. The Kier molecular flexibility index (Phi) is 50.1. The van der Waals surface area contributed by atoms with Crippen LogP contribution in [0.2, 0.25) is 0 Å². The zero-order chi connectivity index (χ0) is 45.1. The van der Waals surface area contributed by atoms with E-state index in [0.717, 1.165) is 51.4 Å². The molecule has 0 rings (SSSR count). The molecule has 62 heavy (non-hydrogen) atoms. The Morgan fingerprint density at radius 1 is 0.452 bits per heavy atom. The summed E-state index contributed by atoms with van der Waals surface area (Å²) < 4.78 is 5.46. The highest BCUT2D eigenvalue weighted by Gasteiger charge is 2.18. The molecule has 0 aliphatic carbocycles. The second-order valence-corrected chi connectivity index (χ2v) is 18.6. The van der Waals surface area contributed by atoms with Crippen LogP contribution in [0.4, 0.5) is 0 Å². The van der Waals surface area contributed by atoms with E-state index in [2.05, 4.69) is 43.5 Å². The van der Waals surface area contributed by atoms with E-state index >= 15 is 0 Å². The zero-order valence-corrected chi connectivity index (χ0v) is 41.4. The van der Waals surface area contributed by atoms with Gasteiger partial charge in [-0.3, -0.25) is 9.59 Å². The predicted octanol–water partition coefficient (Wildman–Crippen LogP) is 16.5. The molecule has 0 heterocycles. The van der Waals surface area contributed by atoms with Gasteiger partial charge in [0.05, 0.1) is 25.4 Å². The molecule has 0 saturated carbocycles. The van der Waals surface area contributed by atoms with Crippen molar-refractivity contribution in [2.75, 3.05) is 13.2 Å². The third kappa shape index (κ3) is 47.6. The molecule has 0 aromatic carbocycles. The van der Waals surface area contributed by atoms with Gasteiger partial charge in [-0.2, -0.15) is 0 Å². The van der Waals surface area contributed by atoms with Crippen molar-refractivity contribution in [3.8, 4) is 0 Å². The number of carbonyl (C=O) groups excluding carboxylic acids is 2. The number of nitrogens with one attached hydrogen (secondary N) is 1. The molecule has 2 atom stereocenters. The highest BCUT2D eigenvalue weighted by Crippen LogP contribution is 2.16. The highest BCUT2D eigenvalue weighted by molar-refractivity contribution is 5.76. The summed E-state index contributed by atoms with van der Waals surface area (Å²) in [7, 11) is 0. The first-order chi connectivity index (χ1) is 30.5. The lowest BCUT2D eigenvalue weighted by Crippen LogP contribution is -2.45. The van der Waals surface area contributed by atoms with Gasteiger partial charge in [0.25, 0.3) is 0 Å². The zero-order valence-electron chi connectivity index (χ0n) is 41.4. The molecule has 364 valence electrons. The summed E-state index contributed by atoms with van der Waals surface area (Å²) in [5.41, 5.74) is 0. The summed E-state index contributed by atoms with van der Waals surface area (Å²) in [6, 6.07) is -0.626. The Labute approximate surface area is 385 Å². The molecule has 0 aromatic rings. The monoisotopic (exact) mass is 872 g/mol. The maximum absolute atomic E-state index is 12.4. The van der Waals surface area contributed by atoms with E-state index in [9.17, 15) is 19.8 Å². The summed E-state index contributed by atoms with van der Waals surface area (Å²) in [6.07, 6.45) is 63.1. The van der Waals surface area contributed by atoms with Gasteiger partial charge in [-0.25, -0.2) is 0 Å². The summed E-state index contributed by atoms with van der Waals surface area (Å²) in [6.45, 7) is 4.83. The van der Waals surface area contributed by atoms with Crippen molar-refractivity contribution in [1.82, 2.24) is 5.32 Å². The lowest BCUT2D eigenvalue weighted by atomic mass is 10.0. The molecule has 0 bridgehead atoms. The van der Waals surface area contributed by atoms with Gasteiger partial charge in [0.15, 0.2) is 0 Å². The number of unbranched alkanes of at least 4 members (excludes halogenated alkanes) is 35. The molecular weight excluding hydrogens is 767 g/mol. The molecule has 0 spiro atoms. The largest absolute Gasteiger partial charge is 0.466 e. The van der Waals surface area contributed by atoms with Gasteiger partial charge in [0.1, 0.15) is 0 Å². The number of amides is 1. The predicted molar refractivity (Wildman–Crippen MR) is 269 cm³/mol. The Balaban J connectivity index is 3.37. The molecule has 0 aromatic heterocycles. The first-order valence-corrected chi connectivity index (χ1v) is 27.3. The third-order valence-corrected chi connectivity index (χ3v) is 12.4. The van der Waals surface area contributed by atoms with Crippen molar-refractivity contribution in [3.05, 3.63) is 36.5 Å². The number of ether oxygens (including phenoxy) is 1. The van der Waals surface area contributed by atoms with E-state index in [-0.39, 0.29) is 18.5 Å². The fourth-order valence-electron chi connectivity index (χ4n) is 8.18. The fraction of sp³-hybridized carbons (Fsp3) is 0.857. The van der Waals surface area contributed by atoms with Crippen molar-refractivity contribution in [2.45, 2.75) is 296 Å². The van der Waals surface area contributed by atoms with Crippen LogP contribution in [0.1, 0.15) is 284 Å². The standard InChI is InChI=1S/C56H105NO5/c1-3-5-7-9-11-13-14-15-27-30-34-38-42-46-50-56(61)62-51-47-43-39-35-31-28-25-23-21-19-17-16-18-20-22-24-26-29-33-37-41-45-49-55(60)57-53(52-58)54(59)48-44-40-36-32-12-10-8-6-4-2/h9,11,14-15,44,48,53-54,58-59H,3-8,10,12-13,16-43,45-47,49-52H2,1-2H3,(H,57,60)/b11-9-,15-14-,48-44+. The molecule has 0 aliphatic rings. The van der Waals surface area contributed by atoms with Gasteiger partial charge in [0.2, 0.25) is 5.91 Å². The van der Waals surface area contributed by atoms with Gasteiger partial charge in [-0.1, -0.05) is 249 Å². The van der Waals surface area contributed by atoms with Crippen LogP contribution >= 0.6 is 0 Å². The highest BCUT2D eigenvalue weighted by atomic mass is 16.5. The van der Waals surface area contributed by atoms with E-state index in [1.165, 1.54) is 205 Å². The van der Waals surface area contributed by atoms with Crippen LogP contribution in [0.5, 0.6) is 0 Å². The maximum atomic E-state index is 12.4. The maximum Gasteiger partial charge on any atom is 0.305 e. The van der Waals surface area contributed by atoms with E-state index in [0.29, 0.717) is 19.4 Å². The lowest BCUT2D eigenvalue weighted by molar-refractivity contribution is -0.143. The van der Waals surface area contributed by atoms with Crippen LogP contribution in [-0.4, -0.2) is 47.4 Å². The van der Waals surface area contributed by atoms with E-state index in [1.807, 2.05) is 6.08 Å². The second-order valence-electron chi connectivity index (χ2n) is 18.6. The Morgan fingerprint density at radius 2 is 0.823 bits per heavy atom. The molecule has 0 saturated heterocycles. The van der Waals surface area contributed by atoms with Crippen molar-refractivity contribution in [3.63, 3.8) is 0 Å². The van der Waals surface area contributed by atoms with Crippen LogP contribution in [0.25, 0.3) is 0 Å². The van der Waals surface area contributed by atoms with Crippen LogP contribution < -0.4 is 5.32 Å².